The normalized spacial score (nSPS) is 11.4. The summed E-state index contributed by atoms with van der Waals surface area (Å²) >= 11 is 0. The van der Waals surface area contributed by atoms with Gasteiger partial charge in [0.25, 0.3) is 5.92 Å². The molecule has 0 saturated heterocycles. The molecule has 0 spiro atoms. The van der Waals surface area contributed by atoms with Crippen LogP contribution in [0.4, 0.5) is 8.78 Å². The number of hydrogen-bond donors (Lipinski definition) is 0. The maximum Gasteiger partial charge on any atom is 0.272 e. The lowest BCUT2D eigenvalue weighted by Gasteiger charge is -2.17. The van der Waals surface area contributed by atoms with Crippen LogP contribution in [0.25, 0.3) is 0 Å². The molecule has 17 heavy (non-hydrogen) atoms. The van der Waals surface area contributed by atoms with E-state index in [1.807, 2.05) is 32.0 Å². The van der Waals surface area contributed by atoms with Crippen LogP contribution in [0.2, 0.25) is 0 Å². The second kappa shape index (κ2) is 5.30. The van der Waals surface area contributed by atoms with Crippen LogP contribution in [0, 0.1) is 13.8 Å². The topological polar surface area (TPSA) is 9.23 Å². The highest BCUT2D eigenvalue weighted by atomic mass is 19.3. The minimum Gasteiger partial charge on any atom is -0.493 e. The highest BCUT2D eigenvalue weighted by Crippen LogP contribution is 2.27. The Balaban J connectivity index is 2.54. The first-order valence-electron chi connectivity index (χ1n) is 5.57. The van der Waals surface area contributed by atoms with E-state index in [4.69, 9.17) is 4.74 Å². The average Bonchev–Trinajstić information content (AvgIpc) is 2.21. The summed E-state index contributed by atoms with van der Waals surface area (Å²) in [5.74, 6) is -2.19. The predicted molar refractivity (Wildman–Crippen MR) is 65.8 cm³/mol. The van der Waals surface area contributed by atoms with Gasteiger partial charge in [-0.15, -0.1) is 0 Å². The van der Waals surface area contributed by atoms with Gasteiger partial charge < -0.3 is 4.74 Å². The fraction of sp³-hybridized carbons (Fsp3) is 0.429. The first-order chi connectivity index (χ1) is 7.83. The zero-order chi connectivity index (χ0) is 13.1. The number of halogens is 2. The molecule has 0 N–H and O–H groups in total. The Morgan fingerprint density at radius 2 is 2.00 bits per heavy atom. The number of benzene rings is 1. The Labute approximate surface area is 101 Å². The maximum absolute atomic E-state index is 13.2. The van der Waals surface area contributed by atoms with E-state index in [0.29, 0.717) is 5.75 Å². The number of ether oxygens (including phenoxy) is 1. The molecule has 0 unspecified atom stereocenters. The van der Waals surface area contributed by atoms with Gasteiger partial charge >= 0.3 is 0 Å². The Hall–Kier alpha value is -1.38. The van der Waals surface area contributed by atoms with Gasteiger partial charge in [0.15, 0.2) is 0 Å². The Morgan fingerprint density at radius 3 is 2.53 bits per heavy atom. The van der Waals surface area contributed by atoms with Crippen molar-refractivity contribution >= 4 is 0 Å². The molecule has 94 valence electrons. The number of allylic oxidation sites excluding steroid dienone is 1. The van der Waals surface area contributed by atoms with Crippen LogP contribution in [0.3, 0.4) is 0 Å². The monoisotopic (exact) mass is 240 g/mol. The number of hydrogen-bond acceptors (Lipinski definition) is 1. The standard InChI is InChI=1S/C14H18F2O/c1-10(2)14(15,16)7-8-17-13-6-5-11(3)9-12(13)4/h5-6,9H,1,7-8H2,2-4H3. The number of rotatable bonds is 5. The molecule has 0 saturated carbocycles. The molecule has 1 rings (SSSR count). The maximum atomic E-state index is 13.2. The van der Waals surface area contributed by atoms with E-state index in [1.165, 1.54) is 6.92 Å². The molecule has 0 aliphatic heterocycles. The van der Waals surface area contributed by atoms with E-state index in [9.17, 15) is 8.78 Å². The van der Waals surface area contributed by atoms with Gasteiger partial charge in [-0.05, 0) is 38.0 Å². The van der Waals surface area contributed by atoms with E-state index in [1.54, 1.807) is 0 Å². The summed E-state index contributed by atoms with van der Waals surface area (Å²) in [6.45, 7) is 8.48. The third-order valence-electron chi connectivity index (χ3n) is 2.63. The van der Waals surface area contributed by atoms with Crippen molar-refractivity contribution in [3.63, 3.8) is 0 Å². The lowest BCUT2D eigenvalue weighted by atomic mass is 10.1. The SMILES string of the molecule is C=C(C)C(F)(F)CCOc1ccc(C)cc1C. The molecule has 0 atom stereocenters. The van der Waals surface area contributed by atoms with E-state index in [0.717, 1.165) is 11.1 Å². The predicted octanol–water partition coefficient (Wildman–Crippen LogP) is 4.28. The van der Waals surface area contributed by atoms with Crippen molar-refractivity contribution in [2.24, 2.45) is 0 Å². The Bertz CT molecular complexity index is 411. The fourth-order valence-corrected chi connectivity index (χ4v) is 1.46. The third kappa shape index (κ3) is 3.84. The summed E-state index contributed by atoms with van der Waals surface area (Å²) < 4.78 is 31.8. The van der Waals surface area contributed by atoms with Crippen LogP contribution in [0.1, 0.15) is 24.5 Å². The van der Waals surface area contributed by atoms with Crippen molar-refractivity contribution in [1.29, 1.82) is 0 Å². The lowest BCUT2D eigenvalue weighted by Crippen LogP contribution is -2.20. The molecule has 1 aromatic carbocycles. The van der Waals surface area contributed by atoms with Gasteiger partial charge in [-0.1, -0.05) is 24.3 Å². The average molecular weight is 240 g/mol. The van der Waals surface area contributed by atoms with Gasteiger partial charge in [0, 0.05) is 6.42 Å². The smallest absolute Gasteiger partial charge is 0.272 e. The first-order valence-corrected chi connectivity index (χ1v) is 5.57. The van der Waals surface area contributed by atoms with Crippen molar-refractivity contribution in [3.05, 3.63) is 41.5 Å². The lowest BCUT2D eigenvalue weighted by molar-refractivity contribution is 0.0194. The Kier molecular flexibility index (Phi) is 4.27. The molecule has 0 aliphatic carbocycles. The van der Waals surface area contributed by atoms with Gasteiger partial charge in [-0.25, -0.2) is 8.78 Å². The molecule has 0 aromatic heterocycles. The zero-order valence-electron chi connectivity index (χ0n) is 10.5. The molecular weight excluding hydrogens is 222 g/mol. The summed E-state index contributed by atoms with van der Waals surface area (Å²) in [6, 6.07) is 5.68. The summed E-state index contributed by atoms with van der Waals surface area (Å²) in [4.78, 5) is 0. The summed E-state index contributed by atoms with van der Waals surface area (Å²) in [7, 11) is 0. The molecule has 0 aliphatic rings. The second-order valence-corrected chi connectivity index (χ2v) is 4.35. The van der Waals surface area contributed by atoms with Gasteiger partial charge in [0.05, 0.1) is 6.61 Å². The minimum absolute atomic E-state index is 0.0102. The Morgan fingerprint density at radius 1 is 1.35 bits per heavy atom. The van der Waals surface area contributed by atoms with E-state index in [-0.39, 0.29) is 18.6 Å². The second-order valence-electron chi connectivity index (χ2n) is 4.35. The summed E-state index contributed by atoms with van der Waals surface area (Å²) in [6.07, 6.45) is -0.338. The van der Waals surface area contributed by atoms with Crippen LogP contribution in [0.15, 0.2) is 30.4 Å². The van der Waals surface area contributed by atoms with Crippen LogP contribution >= 0.6 is 0 Å². The zero-order valence-corrected chi connectivity index (χ0v) is 10.5. The van der Waals surface area contributed by atoms with Crippen LogP contribution in [0.5, 0.6) is 5.75 Å². The van der Waals surface area contributed by atoms with Crippen molar-refractivity contribution < 1.29 is 13.5 Å². The number of alkyl halides is 2. The quantitative estimate of drug-likeness (QED) is 0.698. The molecule has 0 bridgehead atoms. The third-order valence-corrected chi connectivity index (χ3v) is 2.63. The van der Waals surface area contributed by atoms with Crippen LogP contribution in [-0.2, 0) is 0 Å². The summed E-state index contributed by atoms with van der Waals surface area (Å²) in [5.41, 5.74) is 1.97. The van der Waals surface area contributed by atoms with Gasteiger partial charge in [-0.3, -0.25) is 0 Å². The van der Waals surface area contributed by atoms with Gasteiger partial charge in [0.2, 0.25) is 0 Å². The molecular formula is C14H18F2O. The van der Waals surface area contributed by atoms with Crippen LogP contribution in [-0.4, -0.2) is 12.5 Å². The molecule has 0 radical (unpaired) electrons. The minimum atomic E-state index is -2.85. The first kappa shape index (κ1) is 13.7. The van der Waals surface area contributed by atoms with E-state index >= 15 is 0 Å². The molecule has 1 aromatic rings. The molecule has 0 amide bonds. The highest BCUT2D eigenvalue weighted by molar-refractivity contribution is 5.35. The van der Waals surface area contributed by atoms with Crippen molar-refractivity contribution in [3.8, 4) is 5.75 Å². The van der Waals surface area contributed by atoms with Crippen LogP contribution < -0.4 is 4.74 Å². The van der Waals surface area contributed by atoms with Crippen molar-refractivity contribution in [1.82, 2.24) is 0 Å². The largest absolute Gasteiger partial charge is 0.493 e. The summed E-state index contributed by atoms with van der Waals surface area (Å²) in [5, 5.41) is 0. The van der Waals surface area contributed by atoms with Gasteiger partial charge in [0.1, 0.15) is 5.75 Å². The van der Waals surface area contributed by atoms with E-state index in [2.05, 4.69) is 6.58 Å². The number of aryl methyl sites for hydroxylation is 2. The molecule has 0 heterocycles. The van der Waals surface area contributed by atoms with Gasteiger partial charge in [-0.2, -0.15) is 0 Å². The van der Waals surface area contributed by atoms with Crippen molar-refractivity contribution in [2.45, 2.75) is 33.1 Å². The fourth-order valence-electron chi connectivity index (χ4n) is 1.46. The molecule has 1 nitrogen and oxygen atoms in total. The van der Waals surface area contributed by atoms with Crippen molar-refractivity contribution in [2.75, 3.05) is 6.61 Å². The highest BCUT2D eigenvalue weighted by Gasteiger charge is 2.29. The molecule has 3 heteroatoms. The molecule has 0 fully saturated rings. The van der Waals surface area contributed by atoms with E-state index < -0.39 is 5.92 Å².